The van der Waals surface area contributed by atoms with Gasteiger partial charge in [-0.05, 0) is 18.6 Å². The third kappa shape index (κ3) is 3.74. The Bertz CT molecular complexity index is 760. The minimum atomic E-state index is -3.50. The lowest BCUT2D eigenvalue weighted by molar-refractivity contribution is -0.129. The normalized spacial score (nSPS) is 22.7. The number of nitrogens with zero attached hydrogens (tertiary/aromatic N) is 3. The van der Waals surface area contributed by atoms with E-state index in [2.05, 4.69) is 5.32 Å². The first-order valence-electron chi connectivity index (χ1n) is 8.83. The first-order chi connectivity index (χ1) is 12.4. The number of imide groups is 1. The molecular formula is C17H24N4O4S. The third-order valence-electron chi connectivity index (χ3n) is 4.74. The van der Waals surface area contributed by atoms with E-state index in [1.807, 2.05) is 11.8 Å². The van der Waals surface area contributed by atoms with Crippen molar-refractivity contribution in [2.75, 3.05) is 32.8 Å². The fourth-order valence-electron chi connectivity index (χ4n) is 3.25. The van der Waals surface area contributed by atoms with Gasteiger partial charge < -0.3 is 5.32 Å². The zero-order valence-electron chi connectivity index (χ0n) is 14.8. The summed E-state index contributed by atoms with van der Waals surface area (Å²) in [6.45, 7) is 3.78. The Balaban J connectivity index is 1.58. The molecule has 2 saturated heterocycles. The number of hydrogen-bond donors (Lipinski definition) is 1. The lowest BCUT2D eigenvalue weighted by Gasteiger charge is -2.35. The highest BCUT2D eigenvalue weighted by Crippen LogP contribution is 2.18. The van der Waals surface area contributed by atoms with Crippen molar-refractivity contribution in [2.45, 2.75) is 30.7 Å². The second-order valence-corrected chi connectivity index (χ2v) is 8.47. The molecule has 2 fully saturated rings. The van der Waals surface area contributed by atoms with Crippen LogP contribution >= 0.6 is 0 Å². The van der Waals surface area contributed by atoms with Gasteiger partial charge in [-0.2, -0.15) is 4.31 Å². The summed E-state index contributed by atoms with van der Waals surface area (Å²) in [6.07, 6.45) is 1.45. The first kappa shape index (κ1) is 18.8. The number of amides is 3. The maximum absolute atomic E-state index is 12.6. The van der Waals surface area contributed by atoms with Gasteiger partial charge in [0.05, 0.1) is 11.6 Å². The molecule has 9 heteroatoms. The molecule has 3 amide bonds. The molecule has 2 heterocycles. The molecule has 142 valence electrons. The maximum Gasteiger partial charge on any atom is 0.325 e. The van der Waals surface area contributed by atoms with Crippen LogP contribution in [0.2, 0.25) is 0 Å². The minimum absolute atomic E-state index is 0.198. The summed E-state index contributed by atoms with van der Waals surface area (Å²) >= 11 is 0. The van der Waals surface area contributed by atoms with Gasteiger partial charge in [-0.3, -0.25) is 9.69 Å². The lowest BCUT2D eigenvalue weighted by atomic mass is 10.2. The number of rotatable bonds is 6. The Labute approximate surface area is 153 Å². The Kier molecular flexibility index (Phi) is 5.59. The molecule has 1 aromatic rings. The van der Waals surface area contributed by atoms with Crippen LogP contribution in [0.4, 0.5) is 4.79 Å². The molecule has 3 rings (SSSR count). The van der Waals surface area contributed by atoms with Gasteiger partial charge in [0.15, 0.2) is 0 Å². The number of hydrogen-bond acceptors (Lipinski definition) is 5. The summed E-state index contributed by atoms with van der Waals surface area (Å²) in [5, 5.41) is 2.70. The molecule has 0 unspecified atom stereocenters. The first-order valence-corrected chi connectivity index (χ1v) is 10.3. The Hall–Kier alpha value is -1.97. The van der Waals surface area contributed by atoms with Crippen LogP contribution < -0.4 is 5.32 Å². The van der Waals surface area contributed by atoms with Gasteiger partial charge in [-0.25, -0.2) is 18.1 Å². The number of carbonyl (C=O) groups excluding carboxylic acids is 2. The Morgan fingerprint density at radius 2 is 1.73 bits per heavy atom. The van der Waals surface area contributed by atoms with E-state index in [9.17, 15) is 18.0 Å². The molecule has 1 atom stereocenters. The van der Waals surface area contributed by atoms with Crippen LogP contribution in [0.3, 0.4) is 0 Å². The molecule has 0 aromatic heterocycles. The maximum atomic E-state index is 12.6. The topological polar surface area (TPSA) is 90.0 Å². The van der Waals surface area contributed by atoms with Crippen LogP contribution in [0.5, 0.6) is 0 Å². The van der Waals surface area contributed by atoms with Crippen LogP contribution in [-0.4, -0.2) is 73.4 Å². The third-order valence-corrected chi connectivity index (χ3v) is 6.65. The van der Waals surface area contributed by atoms with Gasteiger partial charge in [0.25, 0.3) is 5.91 Å². The van der Waals surface area contributed by atoms with E-state index in [1.54, 1.807) is 30.3 Å². The predicted molar refractivity (Wildman–Crippen MR) is 95.7 cm³/mol. The molecule has 0 radical (unpaired) electrons. The number of benzene rings is 1. The van der Waals surface area contributed by atoms with Crippen molar-refractivity contribution >= 4 is 22.0 Å². The molecule has 1 aromatic carbocycles. The van der Waals surface area contributed by atoms with Crippen molar-refractivity contribution < 1.29 is 18.0 Å². The van der Waals surface area contributed by atoms with Gasteiger partial charge >= 0.3 is 6.03 Å². The van der Waals surface area contributed by atoms with E-state index < -0.39 is 16.1 Å². The molecule has 1 N–H and O–H groups in total. The highest BCUT2D eigenvalue weighted by atomic mass is 32.2. The van der Waals surface area contributed by atoms with E-state index in [-0.39, 0.29) is 23.5 Å². The summed E-state index contributed by atoms with van der Waals surface area (Å²) < 4.78 is 26.7. The van der Waals surface area contributed by atoms with Gasteiger partial charge in [-0.15, -0.1) is 0 Å². The average molecular weight is 380 g/mol. The standard InChI is InChI=1S/C17H24N4O4S/c1-2-6-15-16(22)21(17(23)18-15)13-19-9-11-20(12-10-19)26(24,25)14-7-4-3-5-8-14/h3-5,7-8,15H,2,6,9-13H2,1H3,(H,18,23)/t15-/m0/s1. The molecule has 2 aliphatic heterocycles. The van der Waals surface area contributed by atoms with Crippen LogP contribution in [0.15, 0.2) is 35.2 Å². The van der Waals surface area contributed by atoms with Crippen molar-refractivity contribution in [2.24, 2.45) is 0 Å². The molecule has 0 aliphatic carbocycles. The van der Waals surface area contributed by atoms with Gasteiger partial charge in [0.2, 0.25) is 10.0 Å². The summed E-state index contributed by atoms with van der Waals surface area (Å²) in [5.74, 6) is -0.198. The largest absolute Gasteiger partial charge is 0.326 e. The van der Waals surface area contributed by atoms with Crippen molar-refractivity contribution in [1.29, 1.82) is 0 Å². The molecule has 0 bridgehead atoms. The molecular weight excluding hydrogens is 356 g/mol. The lowest BCUT2D eigenvalue weighted by Crippen LogP contribution is -2.52. The summed E-state index contributed by atoms with van der Waals surface area (Å²) in [4.78, 5) is 27.8. The van der Waals surface area contributed by atoms with Crippen molar-refractivity contribution in [3.63, 3.8) is 0 Å². The number of nitrogens with one attached hydrogen (secondary N) is 1. The monoisotopic (exact) mass is 380 g/mol. The number of sulfonamides is 1. The average Bonchev–Trinajstić information content (AvgIpc) is 2.91. The fraction of sp³-hybridized carbons (Fsp3) is 0.529. The smallest absolute Gasteiger partial charge is 0.325 e. The predicted octanol–water partition coefficient (Wildman–Crippen LogP) is 0.671. The number of piperazine rings is 1. The number of carbonyl (C=O) groups is 2. The number of urea groups is 1. The van der Waals surface area contributed by atoms with Crippen LogP contribution in [0, 0.1) is 0 Å². The van der Waals surface area contributed by atoms with E-state index in [0.717, 1.165) is 6.42 Å². The highest BCUT2D eigenvalue weighted by molar-refractivity contribution is 7.89. The fourth-order valence-corrected chi connectivity index (χ4v) is 4.69. The summed E-state index contributed by atoms with van der Waals surface area (Å²) in [5.41, 5.74) is 0. The molecule has 0 saturated carbocycles. The van der Waals surface area contributed by atoms with Crippen LogP contribution in [-0.2, 0) is 14.8 Å². The Morgan fingerprint density at radius 1 is 1.08 bits per heavy atom. The zero-order valence-corrected chi connectivity index (χ0v) is 15.6. The quantitative estimate of drug-likeness (QED) is 0.733. The van der Waals surface area contributed by atoms with Gasteiger partial charge in [0.1, 0.15) is 6.04 Å². The summed E-state index contributed by atoms with van der Waals surface area (Å²) in [7, 11) is -3.50. The molecule has 0 spiro atoms. The minimum Gasteiger partial charge on any atom is -0.326 e. The second kappa shape index (κ2) is 7.73. The van der Waals surface area contributed by atoms with Crippen molar-refractivity contribution in [1.82, 2.24) is 19.4 Å². The van der Waals surface area contributed by atoms with E-state index in [1.165, 1.54) is 9.21 Å². The zero-order chi connectivity index (χ0) is 18.7. The van der Waals surface area contributed by atoms with Crippen molar-refractivity contribution in [3.05, 3.63) is 30.3 Å². The molecule has 2 aliphatic rings. The van der Waals surface area contributed by atoms with E-state index in [4.69, 9.17) is 0 Å². The SMILES string of the molecule is CCC[C@@H]1NC(=O)N(CN2CCN(S(=O)(=O)c3ccccc3)CC2)C1=O. The summed E-state index contributed by atoms with van der Waals surface area (Å²) in [6, 6.07) is 7.55. The molecule has 26 heavy (non-hydrogen) atoms. The second-order valence-electron chi connectivity index (χ2n) is 6.53. The van der Waals surface area contributed by atoms with E-state index in [0.29, 0.717) is 32.6 Å². The highest BCUT2D eigenvalue weighted by Gasteiger charge is 2.39. The Morgan fingerprint density at radius 3 is 2.35 bits per heavy atom. The molecule has 8 nitrogen and oxygen atoms in total. The van der Waals surface area contributed by atoms with Gasteiger partial charge in [-0.1, -0.05) is 31.5 Å². The van der Waals surface area contributed by atoms with Gasteiger partial charge in [0, 0.05) is 26.2 Å². The van der Waals surface area contributed by atoms with E-state index >= 15 is 0 Å². The van der Waals surface area contributed by atoms with Crippen LogP contribution in [0.25, 0.3) is 0 Å². The van der Waals surface area contributed by atoms with Crippen LogP contribution in [0.1, 0.15) is 19.8 Å². The van der Waals surface area contributed by atoms with Crippen molar-refractivity contribution in [3.8, 4) is 0 Å².